The standard InChI is InChI=1S/C12H23NO/c1-3-4-7-12(14)8-10-5-6-11(9-12)13(10)2/h10-11,14H,3-9H2,1-2H3. The minimum Gasteiger partial charge on any atom is -0.390 e. The van der Waals surface area contributed by atoms with Crippen LogP contribution >= 0.6 is 0 Å². The molecule has 2 saturated heterocycles. The lowest BCUT2D eigenvalue weighted by Gasteiger charge is -2.42. The van der Waals surface area contributed by atoms with Gasteiger partial charge in [0.2, 0.25) is 0 Å². The van der Waals surface area contributed by atoms with Crippen LogP contribution in [0.2, 0.25) is 0 Å². The lowest BCUT2D eigenvalue weighted by Crippen LogP contribution is -2.49. The summed E-state index contributed by atoms with van der Waals surface area (Å²) in [6.45, 7) is 2.20. The summed E-state index contributed by atoms with van der Waals surface area (Å²) >= 11 is 0. The first kappa shape index (κ1) is 10.4. The van der Waals surface area contributed by atoms with Gasteiger partial charge in [0, 0.05) is 12.1 Å². The smallest absolute Gasteiger partial charge is 0.0677 e. The third-order valence-electron chi connectivity index (χ3n) is 4.21. The third-order valence-corrected chi connectivity index (χ3v) is 4.21. The molecule has 2 atom stereocenters. The molecule has 0 spiro atoms. The van der Waals surface area contributed by atoms with E-state index in [1.807, 2.05) is 0 Å². The molecule has 14 heavy (non-hydrogen) atoms. The van der Waals surface area contributed by atoms with Crippen LogP contribution in [0.1, 0.15) is 51.9 Å². The number of unbranched alkanes of at least 4 members (excludes halogenated alkanes) is 1. The fraction of sp³-hybridized carbons (Fsp3) is 1.00. The average molecular weight is 197 g/mol. The Balaban J connectivity index is 1.97. The molecule has 2 heterocycles. The van der Waals surface area contributed by atoms with Gasteiger partial charge in [-0.3, -0.25) is 0 Å². The minimum absolute atomic E-state index is 0.325. The van der Waals surface area contributed by atoms with Gasteiger partial charge in [0.15, 0.2) is 0 Å². The summed E-state index contributed by atoms with van der Waals surface area (Å²) in [5, 5.41) is 10.5. The molecule has 2 aliphatic rings. The van der Waals surface area contributed by atoms with Crippen molar-refractivity contribution in [1.82, 2.24) is 4.90 Å². The topological polar surface area (TPSA) is 23.5 Å². The van der Waals surface area contributed by atoms with Gasteiger partial charge in [-0.05, 0) is 39.2 Å². The molecule has 0 aliphatic carbocycles. The number of fused-ring (bicyclic) bond motifs is 2. The zero-order valence-corrected chi connectivity index (χ0v) is 9.50. The highest BCUT2D eigenvalue weighted by atomic mass is 16.3. The molecule has 0 saturated carbocycles. The van der Waals surface area contributed by atoms with Crippen LogP contribution in [-0.4, -0.2) is 34.7 Å². The summed E-state index contributed by atoms with van der Waals surface area (Å²) in [4.78, 5) is 2.49. The van der Waals surface area contributed by atoms with Crippen LogP contribution in [-0.2, 0) is 0 Å². The summed E-state index contributed by atoms with van der Waals surface area (Å²) in [5.41, 5.74) is -0.325. The molecule has 2 unspecified atom stereocenters. The van der Waals surface area contributed by atoms with E-state index < -0.39 is 0 Å². The summed E-state index contributed by atoms with van der Waals surface area (Å²) in [6.07, 6.45) is 8.03. The average Bonchev–Trinajstić information content (AvgIpc) is 2.41. The summed E-state index contributed by atoms with van der Waals surface area (Å²) < 4.78 is 0. The van der Waals surface area contributed by atoms with Crippen molar-refractivity contribution in [3.05, 3.63) is 0 Å². The van der Waals surface area contributed by atoms with Gasteiger partial charge in [-0.25, -0.2) is 0 Å². The maximum atomic E-state index is 10.5. The van der Waals surface area contributed by atoms with Gasteiger partial charge >= 0.3 is 0 Å². The van der Waals surface area contributed by atoms with Gasteiger partial charge in [-0.2, -0.15) is 0 Å². The Kier molecular flexibility index (Phi) is 2.85. The van der Waals surface area contributed by atoms with Crippen molar-refractivity contribution in [2.75, 3.05) is 7.05 Å². The van der Waals surface area contributed by atoms with E-state index in [9.17, 15) is 5.11 Å². The zero-order chi connectivity index (χ0) is 10.2. The van der Waals surface area contributed by atoms with Crippen molar-refractivity contribution in [1.29, 1.82) is 0 Å². The predicted octanol–water partition coefficient (Wildman–Crippen LogP) is 2.16. The second kappa shape index (κ2) is 3.82. The molecule has 2 fully saturated rings. The van der Waals surface area contributed by atoms with Crippen molar-refractivity contribution in [2.45, 2.75) is 69.6 Å². The number of hydrogen-bond acceptors (Lipinski definition) is 2. The molecule has 1 N–H and O–H groups in total. The molecular formula is C12H23NO. The number of hydrogen-bond donors (Lipinski definition) is 1. The zero-order valence-electron chi connectivity index (χ0n) is 9.50. The highest BCUT2D eigenvalue weighted by Gasteiger charge is 2.45. The highest BCUT2D eigenvalue weighted by Crippen LogP contribution is 2.41. The van der Waals surface area contributed by atoms with Crippen LogP contribution < -0.4 is 0 Å². The van der Waals surface area contributed by atoms with Crippen molar-refractivity contribution in [3.8, 4) is 0 Å². The Morgan fingerprint density at radius 1 is 1.29 bits per heavy atom. The van der Waals surface area contributed by atoms with Gasteiger partial charge < -0.3 is 10.0 Å². The Bertz CT molecular complexity index is 190. The van der Waals surface area contributed by atoms with Crippen molar-refractivity contribution in [2.24, 2.45) is 0 Å². The Morgan fingerprint density at radius 2 is 1.86 bits per heavy atom. The number of rotatable bonds is 3. The first-order valence-electron chi connectivity index (χ1n) is 6.09. The van der Waals surface area contributed by atoms with Gasteiger partial charge in [-0.1, -0.05) is 19.8 Å². The van der Waals surface area contributed by atoms with Crippen LogP contribution in [0.15, 0.2) is 0 Å². The van der Waals surface area contributed by atoms with E-state index in [1.165, 1.54) is 25.7 Å². The molecule has 0 aromatic heterocycles. The molecule has 0 aromatic carbocycles. The molecule has 82 valence electrons. The first-order chi connectivity index (χ1) is 6.64. The largest absolute Gasteiger partial charge is 0.390 e. The molecule has 0 radical (unpaired) electrons. The SMILES string of the molecule is CCCCC1(O)CC2CCC(C1)N2C. The summed E-state index contributed by atoms with van der Waals surface area (Å²) in [5.74, 6) is 0. The predicted molar refractivity (Wildman–Crippen MR) is 58.3 cm³/mol. The van der Waals surface area contributed by atoms with Crippen molar-refractivity contribution < 1.29 is 5.11 Å². The van der Waals surface area contributed by atoms with Crippen LogP contribution in [0.4, 0.5) is 0 Å². The summed E-state index contributed by atoms with van der Waals surface area (Å²) in [7, 11) is 2.22. The number of aliphatic hydroxyl groups is 1. The van der Waals surface area contributed by atoms with E-state index in [-0.39, 0.29) is 5.60 Å². The second-order valence-electron chi connectivity index (χ2n) is 5.29. The van der Waals surface area contributed by atoms with Crippen LogP contribution in [0.25, 0.3) is 0 Å². The summed E-state index contributed by atoms with van der Waals surface area (Å²) in [6, 6.07) is 1.33. The normalized spacial score (nSPS) is 43.1. The van der Waals surface area contributed by atoms with E-state index in [0.717, 1.165) is 19.3 Å². The first-order valence-corrected chi connectivity index (χ1v) is 6.09. The monoisotopic (exact) mass is 197 g/mol. The van der Waals surface area contributed by atoms with Crippen LogP contribution in [0.3, 0.4) is 0 Å². The molecule has 2 rings (SSSR count). The van der Waals surface area contributed by atoms with Gasteiger partial charge in [0.1, 0.15) is 0 Å². The molecule has 2 aliphatic heterocycles. The lowest BCUT2D eigenvalue weighted by molar-refractivity contribution is -0.0512. The number of piperidine rings is 1. The van der Waals surface area contributed by atoms with Gasteiger partial charge in [-0.15, -0.1) is 0 Å². The van der Waals surface area contributed by atoms with Crippen LogP contribution in [0, 0.1) is 0 Å². The van der Waals surface area contributed by atoms with Crippen molar-refractivity contribution >= 4 is 0 Å². The van der Waals surface area contributed by atoms with E-state index in [2.05, 4.69) is 18.9 Å². The number of nitrogens with zero attached hydrogens (tertiary/aromatic N) is 1. The van der Waals surface area contributed by atoms with Crippen molar-refractivity contribution in [3.63, 3.8) is 0 Å². The van der Waals surface area contributed by atoms with Gasteiger partial charge in [0.25, 0.3) is 0 Å². The third kappa shape index (κ3) is 1.82. The molecule has 0 aromatic rings. The second-order valence-corrected chi connectivity index (χ2v) is 5.29. The molecular weight excluding hydrogens is 174 g/mol. The molecule has 2 nitrogen and oxygen atoms in total. The minimum atomic E-state index is -0.325. The van der Waals surface area contributed by atoms with Gasteiger partial charge in [0.05, 0.1) is 5.60 Å². The fourth-order valence-corrected chi connectivity index (χ4v) is 3.25. The van der Waals surface area contributed by atoms with E-state index in [4.69, 9.17) is 0 Å². The molecule has 2 heteroatoms. The Hall–Kier alpha value is -0.0800. The highest BCUT2D eigenvalue weighted by molar-refractivity contribution is 5.00. The Labute approximate surface area is 87.3 Å². The van der Waals surface area contributed by atoms with E-state index in [0.29, 0.717) is 12.1 Å². The van der Waals surface area contributed by atoms with E-state index in [1.54, 1.807) is 0 Å². The van der Waals surface area contributed by atoms with E-state index >= 15 is 0 Å². The molecule has 2 bridgehead atoms. The maximum absolute atomic E-state index is 10.5. The maximum Gasteiger partial charge on any atom is 0.0677 e. The molecule has 0 amide bonds. The Morgan fingerprint density at radius 3 is 2.36 bits per heavy atom. The van der Waals surface area contributed by atoms with Crippen LogP contribution in [0.5, 0.6) is 0 Å². The lowest BCUT2D eigenvalue weighted by atomic mass is 9.82. The quantitative estimate of drug-likeness (QED) is 0.749. The fourth-order valence-electron chi connectivity index (χ4n) is 3.25.